The minimum absolute atomic E-state index is 0.222. The fourth-order valence-electron chi connectivity index (χ4n) is 4.77. The van der Waals surface area contributed by atoms with E-state index in [-0.39, 0.29) is 12.6 Å². The average Bonchev–Trinajstić information content (AvgIpc) is 3.41. The summed E-state index contributed by atoms with van der Waals surface area (Å²) in [5.74, 6) is 0.755. The molecule has 8 nitrogen and oxygen atoms in total. The number of likely N-dealkylation sites (tertiary alicyclic amines) is 1. The molecule has 3 aromatic rings. The van der Waals surface area contributed by atoms with E-state index in [0.29, 0.717) is 18.1 Å². The van der Waals surface area contributed by atoms with Gasteiger partial charge in [0.15, 0.2) is 0 Å². The van der Waals surface area contributed by atoms with Gasteiger partial charge in [-0.1, -0.05) is 24.3 Å². The van der Waals surface area contributed by atoms with Crippen molar-refractivity contribution in [2.24, 2.45) is 7.05 Å². The molecule has 2 aromatic carbocycles. The van der Waals surface area contributed by atoms with Crippen LogP contribution in [0, 0.1) is 0 Å². The van der Waals surface area contributed by atoms with Gasteiger partial charge in [-0.2, -0.15) is 5.10 Å². The van der Waals surface area contributed by atoms with Crippen molar-refractivity contribution < 1.29 is 23.8 Å². The zero-order chi connectivity index (χ0) is 26.7. The normalized spacial score (nSPS) is 17.7. The number of rotatable bonds is 7. The molecular formula is C28H34ClN3O5. The molecule has 1 aromatic heterocycles. The third-order valence-electron chi connectivity index (χ3n) is 6.34. The smallest absolute Gasteiger partial charge is 0.411 e. The summed E-state index contributed by atoms with van der Waals surface area (Å²) in [6.45, 7) is 5.59. The molecule has 0 N–H and O–H groups in total. The lowest BCUT2D eigenvalue weighted by Crippen LogP contribution is -2.44. The summed E-state index contributed by atoms with van der Waals surface area (Å²) in [5.41, 5.74) is 3.45. The van der Waals surface area contributed by atoms with Crippen LogP contribution in [0.15, 0.2) is 42.5 Å². The van der Waals surface area contributed by atoms with E-state index in [0.717, 1.165) is 40.6 Å². The van der Waals surface area contributed by atoms with Gasteiger partial charge in [-0.05, 0) is 62.9 Å². The molecule has 2 atom stereocenters. The van der Waals surface area contributed by atoms with Gasteiger partial charge in [0.2, 0.25) is 0 Å². The molecule has 0 saturated carbocycles. The Morgan fingerprint density at radius 2 is 1.92 bits per heavy atom. The topological polar surface area (TPSA) is 82.9 Å². The summed E-state index contributed by atoms with van der Waals surface area (Å²) in [6, 6.07) is 13.2. The van der Waals surface area contributed by atoms with Crippen molar-refractivity contribution in [2.75, 3.05) is 19.5 Å². The fraction of sp³-hybridized carbons (Fsp3) is 0.464. The third-order valence-corrected chi connectivity index (χ3v) is 6.61. The van der Waals surface area contributed by atoms with Crippen LogP contribution < -0.4 is 4.74 Å². The fourth-order valence-corrected chi connectivity index (χ4v) is 4.90. The minimum Gasteiger partial charge on any atom is -0.488 e. The Balaban J connectivity index is 1.59. The first-order chi connectivity index (χ1) is 17.6. The molecule has 1 saturated heterocycles. The van der Waals surface area contributed by atoms with Crippen LogP contribution in [-0.2, 0) is 27.7 Å². The second-order valence-corrected chi connectivity index (χ2v) is 10.6. The molecule has 1 fully saturated rings. The van der Waals surface area contributed by atoms with Crippen molar-refractivity contribution in [1.29, 1.82) is 0 Å². The number of aromatic nitrogens is 2. The number of hydrogen-bond acceptors (Lipinski definition) is 6. The molecule has 2 heterocycles. The number of hydrogen-bond donors (Lipinski definition) is 0. The van der Waals surface area contributed by atoms with Gasteiger partial charge < -0.3 is 14.2 Å². The van der Waals surface area contributed by atoms with Gasteiger partial charge in [0.1, 0.15) is 23.5 Å². The van der Waals surface area contributed by atoms with Crippen molar-refractivity contribution in [3.63, 3.8) is 0 Å². The van der Waals surface area contributed by atoms with Gasteiger partial charge in [-0.25, -0.2) is 9.59 Å². The van der Waals surface area contributed by atoms with Crippen molar-refractivity contribution in [3.8, 4) is 16.9 Å². The zero-order valence-electron chi connectivity index (χ0n) is 22.0. The number of halogens is 1. The predicted octanol–water partition coefficient (Wildman–Crippen LogP) is 5.34. The van der Waals surface area contributed by atoms with E-state index in [1.54, 1.807) is 20.8 Å². The average molecular weight is 528 g/mol. The lowest BCUT2D eigenvalue weighted by molar-refractivity contribution is -0.145. The standard InChI is InChI=1S/C28H34ClN3O5/c1-28(2,3)37-27(34)32-17-20(16-24(32)26(33)35-5)36-19-10-6-9-18(15-19)21-11-7-12-22-25(21)23(13-8-14-29)31(4)30-22/h6-7,9-12,15,20,24H,8,13-14,16-17H2,1-5H3/t20-,24-/m0/s1. The van der Waals surface area contributed by atoms with Crippen LogP contribution in [0.5, 0.6) is 5.75 Å². The van der Waals surface area contributed by atoms with E-state index >= 15 is 0 Å². The number of methoxy groups -OCH3 is 1. The number of benzene rings is 2. The van der Waals surface area contributed by atoms with Crippen LogP contribution in [0.4, 0.5) is 4.79 Å². The quantitative estimate of drug-likeness (QED) is 0.304. The van der Waals surface area contributed by atoms with Crippen LogP contribution >= 0.6 is 11.6 Å². The summed E-state index contributed by atoms with van der Waals surface area (Å²) < 4.78 is 18.7. The monoisotopic (exact) mass is 527 g/mol. The van der Waals surface area contributed by atoms with E-state index in [1.807, 2.05) is 48.1 Å². The highest BCUT2D eigenvalue weighted by molar-refractivity contribution is 6.17. The van der Waals surface area contributed by atoms with E-state index in [9.17, 15) is 9.59 Å². The molecule has 0 radical (unpaired) electrons. The Morgan fingerprint density at radius 1 is 1.16 bits per heavy atom. The molecular weight excluding hydrogens is 494 g/mol. The molecule has 1 aliphatic rings. The van der Waals surface area contributed by atoms with Crippen molar-refractivity contribution in [2.45, 2.75) is 57.8 Å². The Hall–Kier alpha value is -3.26. The van der Waals surface area contributed by atoms with Crippen LogP contribution in [0.1, 0.15) is 39.3 Å². The first-order valence-electron chi connectivity index (χ1n) is 12.5. The number of carbonyl (C=O) groups is 2. The highest BCUT2D eigenvalue weighted by atomic mass is 35.5. The number of alkyl halides is 1. The number of fused-ring (bicyclic) bond motifs is 1. The summed E-state index contributed by atoms with van der Waals surface area (Å²) in [7, 11) is 3.27. The minimum atomic E-state index is -0.762. The van der Waals surface area contributed by atoms with Gasteiger partial charge in [-0.3, -0.25) is 9.58 Å². The van der Waals surface area contributed by atoms with E-state index in [4.69, 9.17) is 25.8 Å². The molecule has 4 rings (SSSR count). The van der Waals surface area contributed by atoms with Crippen LogP contribution in [0.25, 0.3) is 22.0 Å². The molecule has 0 bridgehead atoms. The molecule has 198 valence electrons. The summed E-state index contributed by atoms with van der Waals surface area (Å²) in [6.07, 6.45) is 1.07. The first-order valence-corrected chi connectivity index (χ1v) is 13.0. The van der Waals surface area contributed by atoms with Crippen molar-refractivity contribution in [1.82, 2.24) is 14.7 Å². The number of esters is 1. The Labute approximate surface area is 222 Å². The molecule has 0 spiro atoms. The Kier molecular flexibility index (Phi) is 7.97. The number of carbonyl (C=O) groups excluding carboxylic acids is 2. The molecule has 37 heavy (non-hydrogen) atoms. The van der Waals surface area contributed by atoms with Crippen molar-refractivity contribution >= 4 is 34.6 Å². The summed E-state index contributed by atoms with van der Waals surface area (Å²) in [5, 5.41) is 5.80. The first kappa shape index (κ1) is 26.8. The van der Waals surface area contributed by atoms with Crippen LogP contribution in [0.3, 0.4) is 0 Å². The number of amides is 1. The van der Waals surface area contributed by atoms with Gasteiger partial charge in [-0.15, -0.1) is 11.6 Å². The maximum absolute atomic E-state index is 12.8. The van der Waals surface area contributed by atoms with E-state index in [1.165, 1.54) is 12.0 Å². The molecule has 0 aliphatic carbocycles. The van der Waals surface area contributed by atoms with Crippen LogP contribution in [-0.4, -0.2) is 64.0 Å². The highest BCUT2D eigenvalue weighted by Gasteiger charge is 2.43. The van der Waals surface area contributed by atoms with Gasteiger partial charge in [0, 0.05) is 30.4 Å². The maximum atomic E-state index is 12.8. The predicted molar refractivity (Wildman–Crippen MR) is 143 cm³/mol. The third kappa shape index (κ3) is 6.01. The van der Waals surface area contributed by atoms with E-state index in [2.05, 4.69) is 11.2 Å². The van der Waals surface area contributed by atoms with Crippen LogP contribution in [0.2, 0.25) is 0 Å². The maximum Gasteiger partial charge on any atom is 0.411 e. The lowest BCUT2D eigenvalue weighted by Gasteiger charge is -2.27. The molecule has 1 aliphatic heterocycles. The van der Waals surface area contributed by atoms with E-state index < -0.39 is 23.7 Å². The number of ether oxygens (including phenoxy) is 3. The highest BCUT2D eigenvalue weighted by Crippen LogP contribution is 2.34. The van der Waals surface area contributed by atoms with Gasteiger partial charge in [0.25, 0.3) is 0 Å². The van der Waals surface area contributed by atoms with Gasteiger partial charge >= 0.3 is 12.1 Å². The molecule has 0 unspecified atom stereocenters. The Morgan fingerprint density at radius 3 is 2.62 bits per heavy atom. The SMILES string of the molecule is COC(=O)[C@@H]1C[C@H](Oc2cccc(-c3cccc4nn(C)c(CCCCl)c34)c2)CN1C(=O)OC(C)(C)C. The molecule has 9 heteroatoms. The van der Waals surface area contributed by atoms with Crippen molar-refractivity contribution in [3.05, 3.63) is 48.2 Å². The number of nitrogens with zero attached hydrogens (tertiary/aromatic N) is 3. The second-order valence-electron chi connectivity index (χ2n) is 10.2. The second kappa shape index (κ2) is 11.0. The van der Waals surface area contributed by atoms with Gasteiger partial charge in [0.05, 0.1) is 19.2 Å². The number of aryl methyl sites for hydroxylation is 2. The Bertz CT molecular complexity index is 1280. The summed E-state index contributed by atoms with van der Waals surface area (Å²) in [4.78, 5) is 26.6. The largest absolute Gasteiger partial charge is 0.488 e. The zero-order valence-corrected chi connectivity index (χ0v) is 22.7. The molecule has 1 amide bonds. The summed E-state index contributed by atoms with van der Waals surface area (Å²) >= 11 is 5.97. The lowest BCUT2D eigenvalue weighted by atomic mass is 9.98.